The van der Waals surface area contributed by atoms with E-state index in [1.165, 1.54) is 6.26 Å². The van der Waals surface area contributed by atoms with Gasteiger partial charge in [0.1, 0.15) is 5.52 Å². The zero-order valence-corrected chi connectivity index (χ0v) is 16.2. The third-order valence-corrected chi connectivity index (χ3v) is 6.80. The molecule has 8 nitrogen and oxygen atoms in total. The average Bonchev–Trinajstić information content (AvgIpc) is 3.23. The highest BCUT2D eigenvalue weighted by Gasteiger charge is 2.27. The molecule has 0 spiro atoms. The van der Waals surface area contributed by atoms with E-state index in [-0.39, 0.29) is 5.91 Å². The molecule has 0 radical (unpaired) electrons. The Labute approximate surface area is 162 Å². The minimum atomic E-state index is -2.89. The van der Waals surface area contributed by atoms with Gasteiger partial charge in [0.15, 0.2) is 5.58 Å². The van der Waals surface area contributed by atoms with Crippen LogP contribution in [-0.2, 0) is 27.6 Å². The van der Waals surface area contributed by atoms with Gasteiger partial charge < -0.3 is 9.32 Å². The van der Waals surface area contributed by atoms with Gasteiger partial charge in [-0.1, -0.05) is 18.2 Å². The van der Waals surface area contributed by atoms with Crippen LogP contribution in [-0.4, -0.2) is 37.7 Å². The molecule has 9 heteroatoms. The van der Waals surface area contributed by atoms with Crippen LogP contribution in [0.3, 0.4) is 0 Å². The molecule has 1 atom stereocenters. The highest BCUT2D eigenvalue weighted by molar-refractivity contribution is 7.93. The van der Waals surface area contributed by atoms with Crippen LogP contribution in [0, 0.1) is 0 Å². The van der Waals surface area contributed by atoms with Crippen LogP contribution in [0.2, 0.25) is 0 Å². The van der Waals surface area contributed by atoms with Gasteiger partial charge in [0, 0.05) is 18.4 Å². The normalized spacial score (nSPS) is 18.2. The first kappa shape index (κ1) is 17.2. The number of benzene rings is 1. The summed E-state index contributed by atoms with van der Waals surface area (Å²) in [5.74, 6) is -0.384. The largest absolute Gasteiger partial charge is 0.423 e. The first-order chi connectivity index (χ1) is 13.5. The number of carbonyl (C=O) groups excluding carboxylic acids is 1. The van der Waals surface area contributed by atoms with E-state index in [1.54, 1.807) is 6.20 Å². The standard InChI is InChI=1S/C19H19N5O3S/c1-28(26,22-18(25)13-5-4-6-13)17-11-20-24-10-9-23(12-15(17)24)19-21-14-7-2-3-8-16(14)27-19/h2-3,5,7-8,11H,4,6,9-10,12H2,1H3. The van der Waals surface area contributed by atoms with Gasteiger partial charge in [-0.3, -0.25) is 9.48 Å². The van der Waals surface area contributed by atoms with E-state index in [4.69, 9.17) is 4.42 Å². The molecule has 2 aromatic heterocycles. The van der Waals surface area contributed by atoms with Crippen molar-refractivity contribution in [2.24, 2.45) is 4.36 Å². The Kier molecular flexibility index (Phi) is 3.87. The number of rotatable bonds is 3. The van der Waals surface area contributed by atoms with E-state index in [9.17, 15) is 9.00 Å². The van der Waals surface area contributed by atoms with Crippen molar-refractivity contribution < 1.29 is 13.4 Å². The zero-order chi connectivity index (χ0) is 19.3. The summed E-state index contributed by atoms with van der Waals surface area (Å²) in [5, 5.41) is 4.35. The van der Waals surface area contributed by atoms with Crippen LogP contribution in [0.1, 0.15) is 18.5 Å². The second-order valence-electron chi connectivity index (χ2n) is 7.03. The summed E-state index contributed by atoms with van der Waals surface area (Å²) in [6.45, 7) is 1.73. The Hall–Kier alpha value is -2.94. The molecule has 0 saturated heterocycles. The van der Waals surface area contributed by atoms with Crippen LogP contribution < -0.4 is 4.90 Å². The fourth-order valence-electron chi connectivity index (χ4n) is 3.44. The molecule has 1 amide bonds. The monoisotopic (exact) mass is 397 g/mol. The van der Waals surface area contributed by atoms with Crippen LogP contribution >= 0.6 is 0 Å². The lowest BCUT2D eigenvalue weighted by Crippen LogP contribution is -2.34. The number of oxazole rings is 1. The van der Waals surface area contributed by atoms with Gasteiger partial charge in [-0.25, -0.2) is 4.21 Å². The van der Waals surface area contributed by atoms with Gasteiger partial charge in [0.25, 0.3) is 11.9 Å². The summed E-state index contributed by atoms with van der Waals surface area (Å²) in [5.41, 5.74) is 2.94. The van der Waals surface area contributed by atoms with Gasteiger partial charge in [0.05, 0.1) is 39.6 Å². The Morgan fingerprint density at radius 2 is 2.11 bits per heavy atom. The van der Waals surface area contributed by atoms with Crippen molar-refractivity contribution in [3.05, 3.63) is 47.8 Å². The number of allylic oxidation sites excluding steroid dienone is 1. The molecule has 0 bridgehead atoms. The van der Waals surface area contributed by atoms with Gasteiger partial charge in [-0.05, 0) is 25.0 Å². The number of amides is 1. The van der Waals surface area contributed by atoms with Gasteiger partial charge in [-0.15, -0.1) is 0 Å². The second-order valence-corrected chi connectivity index (χ2v) is 9.26. The van der Waals surface area contributed by atoms with Gasteiger partial charge in [0.2, 0.25) is 0 Å². The van der Waals surface area contributed by atoms with E-state index in [1.807, 2.05) is 39.9 Å². The lowest BCUT2D eigenvalue weighted by atomic mass is 9.99. The number of fused-ring (bicyclic) bond motifs is 2. The fraction of sp³-hybridized carbons (Fsp3) is 0.316. The number of para-hydroxylation sites is 2. The van der Waals surface area contributed by atoms with Crippen molar-refractivity contribution in [1.29, 1.82) is 0 Å². The minimum Gasteiger partial charge on any atom is -0.423 e. The second kappa shape index (κ2) is 6.30. The number of aromatic nitrogens is 3. The summed E-state index contributed by atoms with van der Waals surface area (Å²) in [7, 11) is -2.89. The fourth-order valence-corrected chi connectivity index (χ4v) is 4.83. The van der Waals surface area contributed by atoms with Crippen molar-refractivity contribution >= 4 is 32.8 Å². The first-order valence-corrected chi connectivity index (χ1v) is 11.0. The van der Waals surface area contributed by atoms with E-state index in [0.717, 1.165) is 23.2 Å². The highest BCUT2D eigenvalue weighted by atomic mass is 32.2. The van der Waals surface area contributed by atoms with E-state index in [0.29, 0.717) is 42.5 Å². The molecular formula is C19H19N5O3S. The molecule has 0 N–H and O–H groups in total. The predicted octanol–water partition coefficient (Wildman–Crippen LogP) is 2.75. The molecular weight excluding hydrogens is 378 g/mol. The predicted molar refractivity (Wildman–Crippen MR) is 104 cm³/mol. The summed E-state index contributed by atoms with van der Waals surface area (Å²) in [4.78, 5) is 19.3. The van der Waals surface area contributed by atoms with Crippen molar-refractivity contribution in [2.75, 3.05) is 17.7 Å². The molecule has 5 rings (SSSR count). The Balaban J connectivity index is 1.49. The third kappa shape index (κ3) is 2.82. The van der Waals surface area contributed by atoms with E-state index >= 15 is 0 Å². The quantitative estimate of drug-likeness (QED) is 0.675. The maximum absolute atomic E-state index is 13.2. The SMILES string of the molecule is CS(=O)(=NC(=O)C1=CCC1)c1cnn2c1CN(c1nc3ccccc3o1)CC2. The average molecular weight is 397 g/mol. The van der Waals surface area contributed by atoms with Crippen molar-refractivity contribution in [2.45, 2.75) is 30.8 Å². The van der Waals surface area contributed by atoms with Crippen LogP contribution in [0.4, 0.5) is 6.01 Å². The van der Waals surface area contributed by atoms with Gasteiger partial charge >= 0.3 is 0 Å². The molecule has 3 heterocycles. The summed E-state index contributed by atoms with van der Waals surface area (Å²) < 4.78 is 24.9. The lowest BCUT2D eigenvalue weighted by molar-refractivity contribution is -0.114. The zero-order valence-electron chi connectivity index (χ0n) is 15.4. The lowest BCUT2D eigenvalue weighted by Gasteiger charge is -2.27. The molecule has 28 heavy (non-hydrogen) atoms. The van der Waals surface area contributed by atoms with Crippen LogP contribution in [0.25, 0.3) is 11.1 Å². The molecule has 0 saturated carbocycles. The Morgan fingerprint density at radius 3 is 2.86 bits per heavy atom. The molecule has 1 unspecified atom stereocenters. The molecule has 2 aliphatic rings. The number of carbonyl (C=O) groups is 1. The summed E-state index contributed by atoms with van der Waals surface area (Å²) >= 11 is 0. The van der Waals surface area contributed by atoms with E-state index in [2.05, 4.69) is 14.4 Å². The molecule has 3 aromatic rings. The molecule has 1 aliphatic carbocycles. The first-order valence-electron chi connectivity index (χ1n) is 9.12. The molecule has 144 valence electrons. The van der Waals surface area contributed by atoms with Crippen molar-refractivity contribution in [3.8, 4) is 0 Å². The maximum atomic E-state index is 13.2. The number of nitrogens with zero attached hydrogens (tertiary/aromatic N) is 5. The maximum Gasteiger partial charge on any atom is 0.298 e. The molecule has 0 fully saturated rings. The number of hydrogen-bond donors (Lipinski definition) is 0. The van der Waals surface area contributed by atoms with Crippen molar-refractivity contribution in [3.63, 3.8) is 0 Å². The Morgan fingerprint density at radius 1 is 1.29 bits per heavy atom. The topological polar surface area (TPSA) is 93.6 Å². The van der Waals surface area contributed by atoms with Crippen LogP contribution in [0.5, 0.6) is 0 Å². The molecule has 1 aliphatic heterocycles. The van der Waals surface area contributed by atoms with Gasteiger partial charge in [-0.2, -0.15) is 14.4 Å². The van der Waals surface area contributed by atoms with Crippen molar-refractivity contribution in [1.82, 2.24) is 14.8 Å². The smallest absolute Gasteiger partial charge is 0.298 e. The van der Waals surface area contributed by atoms with Crippen LogP contribution in [0.15, 0.2) is 55.8 Å². The Bertz CT molecular complexity index is 1210. The summed E-state index contributed by atoms with van der Waals surface area (Å²) in [6, 6.07) is 8.13. The van der Waals surface area contributed by atoms with E-state index < -0.39 is 9.73 Å². The number of hydrogen-bond acceptors (Lipinski definition) is 6. The number of anilines is 1. The third-order valence-electron chi connectivity index (χ3n) is 5.13. The summed E-state index contributed by atoms with van der Waals surface area (Å²) in [6.07, 6.45) is 6.49. The molecule has 1 aromatic carbocycles. The highest BCUT2D eigenvalue weighted by Crippen LogP contribution is 2.28. The minimum absolute atomic E-state index is 0.384.